The molecule has 0 bridgehead atoms. The molecule has 0 radical (unpaired) electrons. The van der Waals surface area contributed by atoms with E-state index in [9.17, 15) is 8.42 Å². The predicted octanol–water partition coefficient (Wildman–Crippen LogP) is 1.04. The van der Waals surface area contributed by atoms with Gasteiger partial charge in [0.2, 0.25) is 10.0 Å². The van der Waals surface area contributed by atoms with Crippen LogP contribution in [0.4, 0.5) is 0 Å². The second-order valence-electron chi connectivity index (χ2n) is 4.42. The zero-order chi connectivity index (χ0) is 12.1. The van der Waals surface area contributed by atoms with Gasteiger partial charge < -0.3 is 4.90 Å². The average Bonchev–Trinajstić information content (AvgIpc) is 2.11. The maximum absolute atomic E-state index is 11.4. The van der Waals surface area contributed by atoms with E-state index in [0.717, 1.165) is 13.0 Å². The van der Waals surface area contributed by atoms with E-state index in [1.54, 1.807) is 13.8 Å². The Labute approximate surface area is 94.1 Å². The van der Waals surface area contributed by atoms with Crippen molar-refractivity contribution in [1.82, 2.24) is 9.62 Å². The van der Waals surface area contributed by atoms with Gasteiger partial charge in [0.05, 0.1) is 5.25 Å². The number of nitrogens with one attached hydrogen (secondary N) is 1. The third kappa shape index (κ3) is 6.12. The first-order chi connectivity index (χ1) is 6.77. The third-order valence-corrected chi connectivity index (χ3v) is 4.34. The molecule has 0 amide bonds. The predicted molar refractivity (Wildman–Crippen MR) is 64.4 cm³/mol. The van der Waals surface area contributed by atoms with E-state index in [0.29, 0.717) is 12.6 Å². The van der Waals surface area contributed by atoms with Gasteiger partial charge in [-0.05, 0) is 47.7 Å². The molecule has 0 aromatic rings. The van der Waals surface area contributed by atoms with Gasteiger partial charge in [-0.2, -0.15) is 0 Å². The second-order valence-corrected chi connectivity index (χ2v) is 6.74. The lowest BCUT2D eigenvalue weighted by Gasteiger charge is -2.20. The SMILES string of the molecule is CC(C)N(C)CCCNS(=O)(=O)C(C)C. The lowest BCUT2D eigenvalue weighted by atomic mass is 10.3. The van der Waals surface area contributed by atoms with Crippen LogP contribution in [0.5, 0.6) is 0 Å². The van der Waals surface area contributed by atoms with Crippen LogP contribution in [0.25, 0.3) is 0 Å². The van der Waals surface area contributed by atoms with E-state index in [1.807, 2.05) is 7.05 Å². The topological polar surface area (TPSA) is 49.4 Å². The van der Waals surface area contributed by atoms with Gasteiger partial charge in [-0.15, -0.1) is 0 Å². The smallest absolute Gasteiger partial charge is 0.213 e. The monoisotopic (exact) mass is 236 g/mol. The highest BCUT2D eigenvalue weighted by atomic mass is 32.2. The lowest BCUT2D eigenvalue weighted by Crippen LogP contribution is -2.34. The zero-order valence-corrected chi connectivity index (χ0v) is 11.3. The quantitative estimate of drug-likeness (QED) is 0.672. The van der Waals surface area contributed by atoms with Crippen molar-refractivity contribution in [3.8, 4) is 0 Å². The molecule has 0 aliphatic carbocycles. The van der Waals surface area contributed by atoms with Crippen LogP contribution in [-0.4, -0.2) is 44.7 Å². The molecule has 0 rings (SSSR count). The summed E-state index contributed by atoms with van der Waals surface area (Å²) in [5, 5.41) is -0.347. The first-order valence-corrected chi connectivity index (χ1v) is 7.00. The Balaban J connectivity index is 3.73. The maximum atomic E-state index is 11.4. The number of hydrogen-bond donors (Lipinski definition) is 1. The molecule has 15 heavy (non-hydrogen) atoms. The van der Waals surface area contributed by atoms with Crippen LogP contribution in [0.1, 0.15) is 34.1 Å². The molecular formula is C10H24N2O2S. The van der Waals surface area contributed by atoms with Gasteiger partial charge >= 0.3 is 0 Å². The fraction of sp³-hybridized carbons (Fsp3) is 1.00. The van der Waals surface area contributed by atoms with Crippen LogP contribution in [0.3, 0.4) is 0 Å². The van der Waals surface area contributed by atoms with E-state index in [4.69, 9.17) is 0 Å². The Hall–Kier alpha value is -0.130. The minimum Gasteiger partial charge on any atom is -0.304 e. The molecule has 0 heterocycles. The summed E-state index contributed by atoms with van der Waals surface area (Å²) in [6, 6.07) is 0.506. The van der Waals surface area contributed by atoms with E-state index < -0.39 is 10.0 Å². The maximum Gasteiger partial charge on any atom is 0.213 e. The minimum absolute atomic E-state index is 0.347. The molecule has 0 fully saturated rings. The standard InChI is InChI=1S/C10H24N2O2S/c1-9(2)12(5)8-6-7-11-15(13,14)10(3)4/h9-11H,6-8H2,1-5H3. The molecule has 0 aliphatic rings. The molecule has 92 valence electrons. The van der Waals surface area contributed by atoms with Gasteiger partial charge in [0.15, 0.2) is 0 Å². The Morgan fingerprint density at radius 2 is 1.73 bits per heavy atom. The summed E-state index contributed by atoms with van der Waals surface area (Å²) >= 11 is 0. The van der Waals surface area contributed by atoms with Crippen molar-refractivity contribution in [1.29, 1.82) is 0 Å². The Morgan fingerprint density at radius 1 is 1.20 bits per heavy atom. The molecule has 0 saturated carbocycles. The highest BCUT2D eigenvalue weighted by Gasteiger charge is 2.14. The van der Waals surface area contributed by atoms with Crippen LogP contribution in [0.15, 0.2) is 0 Å². The number of sulfonamides is 1. The van der Waals surface area contributed by atoms with Crippen molar-refractivity contribution >= 4 is 10.0 Å². The van der Waals surface area contributed by atoms with E-state index >= 15 is 0 Å². The van der Waals surface area contributed by atoms with Crippen molar-refractivity contribution in [2.45, 2.75) is 45.4 Å². The number of rotatable bonds is 7. The number of nitrogens with zero attached hydrogens (tertiary/aromatic N) is 1. The average molecular weight is 236 g/mol. The third-order valence-electron chi connectivity index (χ3n) is 2.49. The fourth-order valence-electron chi connectivity index (χ4n) is 0.968. The van der Waals surface area contributed by atoms with E-state index in [1.165, 1.54) is 0 Å². The minimum atomic E-state index is -3.08. The van der Waals surface area contributed by atoms with Crippen molar-refractivity contribution in [2.75, 3.05) is 20.1 Å². The highest BCUT2D eigenvalue weighted by Crippen LogP contribution is 1.97. The Morgan fingerprint density at radius 3 is 2.13 bits per heavy atom. The van der Waals surface area contributed by atoms with Gasteiger partial charge in [0.25, 0.3) is 0 Å². The first kappa shape index (κ1) is 14.9. The van der Waals surface area contributed by atoms with Crippen LogP contribution in [-0.2, 0) is 10.0 Å². The van der Waals surface area contributed by atoms with Crippen LogP contribution in [0, 0.1) is 0 Å². The lowest BCUT2D eigenvalue weighted by molar-refractivity contribution is 0.271. The highest BCUT2D eigenvalue weighted by molar-refractivity contribution is 7.90. The second kappa shape index (κ2) is 6.45. The molecule has 0 spiro atoms. The Bertz CT molecular complexity index is 261. The summed E-state index contributed by atoms with van der Waals surface area (Å²) in [7, 11) is -1.04. The van der Waals surface area contributed by atoms with Crippen molar-refractivity contribution in [3.63, 3.8) is 0 Å². The fourth-order valence-corrected chi connectivity index (χ4v) is 1.73. The summed E-state index contributed by atoms with van der Waals surface area (Å²) in [4.78, 5) is 2.20. The zero-order valence-electron chi connectivity index (χ0n) is 10.4. The number of hydrogen-bond acceptors (Lipinski definition) is 3. The van der Waals surface area contributed by atoms with Crippen molar-refractivity contribution < 1.29 is 8.42 Å². The molecule has 5 heteroatoms. The van der Waals surface area contributed by atoms with Crippen LogP contribution >= 0.6 is 0 Å². The molecule has 0 unspecified atom stereocenters. The van der Waals surface area contributed by atoms with Gasteiger partial charge in [0, 0.05) is 12.6 Å². The van der Waals surface area contributed by atoms with Crippen molar-refractivity contribution in [3.05, 3.63) is 0 Å². The van der Waals surface area contributed by atoms with Crippen LogP contribution in [0.2, 0.25) is 0 Å². The van der Waals surface area contributed by atoms with Crippen LogP contribution < -0.4 is 4.72 Å². The summed E-state index contributed by atoms with van der Waals surface area (Å²) < 4.78 is 25.4. The van der Waals surface area contributed by atoms with Gasteiger partial charge in [-0.3, -0.25) is 0 Å². The van der Waals surface area contributed by atoms with E-state index in [2.05, 4.69) is 23.5 Å². The first-order valence-electron chi connectivity index (χ1n) is 5.46. The molecular weight excluding hydrogens is 212 g/mol. The van der Waals surface area contributed by atoms with Gasteiger partial charge in [0.1, 0.15) is 0 Å². The van der Waals surface area contributed by atoms with E-state index in [-0.39, 0.29) is 5.25 Å². The molecule has 4 nitrogen and oxygen atoms in total. The summed E-state index contributed by atoms with van der Waals surface area (Å²) in [5.74, 6) is 0. The Kier molecular flexibility index (Phi) is 6.40. The molecule has 0 aliphatic heterocycles. The molecule has 1 N–H and O–H groups in total. The summed E-state index contributed by atoms with van der Waals surface area (Å²) in [5.41, 5.74) is 0. The van der Waals surface area contributed by atoms with Gasteiger partial charge in [-0.1, -0.05) is 0 Å². The normalized spacial score (nSPS) is 13.1. The van der Waals surface area contributed by atoms with Gasteiger partial charge in [-0.25, -0.2) is 13.1 Å². The molecule has 0 aromatic heterocycles. The molecule has 0 aromatic carbocycles. The molecule has 0 atom stereocenters. The summed E-state index contributed by atoms with van der Waals surface area (Å²) in [6.45, 7) is 9.05. The molecule has 0 saturated heterocycles. The summed E-state index contributed by atoms with van der Waals surface area (Å²) in [6.07, 6.45) is 0.848. The largest absolute Gasteiger partial charge is 0.304 e. The van der Waals surface area contributed by atoms with Crippen molar-refractivity contribution in [2.24, 2.45) is 0 Å².